The zero-order valence-electron chi connectivity index (χ0n) is 13.6. The summed E-state index contributed by atoms with van der Waals surface area (Å²) in [5, 5.41) is 14.1. The van der Waals surface area contributed by atoms with Gasteiger partial charge in [-0.2, -0.15) is 10.4 Å². The predicted octanol–water partition coefficient (Wildman–Crippen LogP) is 3.24. The lowest BCUT2D eigenvalue weighted by Gasteiger charge is -2.08. The van der Waals surface area contributed by atoms with E-state index in [1.165, 1.54) is 0 Å². The number of aromatic nitrogens is 4. The molecule has 2 heterocycles. The number of benzene rings is 1. The zero-order valence-corrected chi connectivity index (χ0v) is 14.4. The molecule has 6 nitrogen and oxygen atoms in total. The summed E-state index contributed by atoms with van der Waals surface area (Å²) in [5.41, 5.74) is 2.42. The second kappa shape index (κ2) is 6.10. The van der Waals surface area contributed by atoms with Crippen LogP contribution in [0.15, 0.2) is 24.3 Å². The van der Waals surface area contributed by atoms with Crippen LogP contribution in [0.25, 0.3) is 11.0 Å². The molecule has 2 aromatic heterocycles. The molecule has 0 saturated carbocycles. The topological polar surface area (TPSA) is 76.5 Å². The van der Waals surface area contributed by atoms with Crippen LogP contribution >= 0.6 is 11.6 Å². The highest BCUT2D eigenvalue weighted by molar-refractivity contribution is 6.33. The number of nitrogens with zero attached hydrogens (tertiary/aromatic N) is 5. The molecule has 0 fully saturated rings. The van der Waals surface area contributed by atoms with Crippen molar-refractivity contribution >= 4 is 28.4 Å². The minimum absolute atomic E-state index is 0.263. The summed E-state index contributed by atoms with van der Waals surface area (Å²) < 4.78 is 3.32. The van der Waals surface area contributed by atoms with Crippen molar-refractivity contribution in [2.45, 2.75) is 26.3 Å². The molecule has 0 saturated heterocycles. The first kappa shape index (κ1) is 16.2. The number of carbonyl (C=O) groups is 1. The van der Waals surface area contributed by atoms with E-state index in [4.69, 9.17) is 11.6 Å². The molecule has 0 bridgehead atoms. The van der Waals surface area contributed by atoms with Crippen LogP contribution in [0, 0.1) is 18.3 Å². The van der Waals surface area contributed by atoms with Gasteiger partial charge < -0.3 is 4.57 Å². The van der Waals surface area contributed by atoms with Crippen LogP contribution in [0.4, 0.5) is 0 Å². The Morgan fingerprint density at radius 2 is 2.12 bits per heavy atom. The van der Waals surface area contributed by atoms with Crippen molar-refractivity contribution in [3.8, 4) is 6.07 Å². The van der Waals surface area contributed by atoms with E-state index >= 15 is 0 Å². The predicted molar refractivity (Wildman–Crippen MR) is 91.0 cm³/mol. The van der Waals surface area contributed by atoms with E-state index in [2.05, 4.69) is 16.2 Å². The second-order valence-electron chi connectivity index (χ2n) is 5.51. The molecule has 0 spiro atoms. The number of halogens is 1. The largest absolute Gasteiger partial charge is 0.330 e. The lowest BCUT2D eigenvalue weighted by molar-refractivity contribution is 0.0975. The van der Waals surface area contributed by atoms with Crippen LogP contribution in [0.3, 0.4) is 0 Å². The van der Waals surface area contributed by atoms with Gasteiger partial charge >= 0.3 is 0 Å². The minimum atomic E-state index is -1.03. The van der Waals surface area contributed by atoms with Gasteiger partial charge in [0.25, 0.3) is 0 Å². The van der Waals surface area contributed by atoms with Crippen molar-refractivity contribution in [3.63, 3.8) is 0 Å². The highest BCUT2D eigenvalue weighted by Gasteiger charge is 2.31. The number of ketones is 1. The first-order valence-corrected chi connectivity index (χ1v) is 7.95. The highest BCUT2D eigenvalue weighted by atomic mass is 35.5. The molecular formula is C17H16ClN5O. The fourth-order valence-electron chi connectivity index (χ4n) is 2.84. The van der Waals surface area contributed by atoms with Gasteiger partial charge in [0.1, 0.15) is 11.0 Å². The van der Waals surface area contributed by atoms with Crippen molar-refractivity contribution in [1.82, 2.24) is 19.3 Å². The summed E-state index contributed by atoms with van der Waals surface area (Å²) >= 11 is 6.27. The number of Topliss-reactive ketones (excluding diaryl/α,β-unsaturated/α-hetero) is 1. The highest BCUT2D eigenvalue weighted by Crippen LogP contribution is 2.28. The summed E-state index contributed by atoms with van der Waals surface area (Å²) in [7, 11) is 1.80. The van der Waals surface area contributed by atoms with Gasteiger partial charge in [-0.1, -0.05) is 23.7 Å². The molecule has 0 N–H and O–H groups in total. The van der Waals surface area contributed by atoms with Crippen molar-refractivity contribution in [3.05, 3.63) is 46.5 Å². The van der Waals surface area contributed by atoms with Crippen LogP contribution in [-0.4, -0.2) is 25.1 Å². The Bertz CT molecular complexity index is 979. The molecule has 0 amide bonds. The molecule has 0 radical (unpaired) electrons. The number of hydrogen-bond donors (Lipinski definition) is 0. The number of para-hydroxylation sites is 2. The van der Waals surface area contributed by atoms with Crippen molar-refractivity contribution < 1.29 is 4.79 Å². The SMILES string of the molecule is CCn1nc(C)c(C(=O)[C@@H](C#N)c2nc3ccccc3n2C)c1Cl. The molecule has 1 atom stereocenters. The number of nitriles is 1. The minimum Gasteiger partial charge on any atom is -0.330 e. The second-order valence-corrected chi connectivity index (χ2v) is 5.87. The van der Waals surface area contributed by atoms with E-state index < -0.39 is 5.92 Å². The molecule has 24 heavy (non-hydrogen) atoms. The first-order chi connectivity index (χ1) is 11.5. The molecule has 122 valence electrons. The number of rotatable bonds is 4. The van der Waals surface area contributed by atoms with Crippen LogP contribution in [0.5, 0.6) is 0 Å². The Morgan fingerprint density at radius 3 is 2.71 bits per heavy atom. The van der Waals surface area contributed by atoms with Gasteiger partial charge in [0.05, 0.1) is 28.4 Å². The Balaban J connectivity index is 2.12. The third-order valence-electron chi connectivity index (χ3n) is 4.08. The van der Waals surface area contributed by atoms with Crippen molar-refractivity contribution in [2.75, 3.05) is 0 Å². The standard InChI is InChI=1S/C17H16ClN5O/c1-4-23-16(18)14(10(2)21-23)15(24)11(9-19)17-20-12-7-5-6-8-13(12)22(17)3/h5-8,11H,4H2,1-3H3/t11-/m1/s1. The van der Waals surface area contributed by atoms with E-state index in [-0.39, 0.29) is 16.5 Å². The van der Waals surface area contributed by atoms with Gasteiger partial charge in [-0.3, -0.25) is 9.48 Å². The molecule has 3 rings (SSSR count). The summed E-state index contributed by atoms with van der Waals surface area (Å²) in [6.45, 7) is 4.16. The Hall–Kier alpha value is -2.65. The van der Waals surface area contributed by atoms with Crippen molar-refractivity contribution in [1.29, 1.82) is 5.26 Å². The van der Waals surface area contributed by atoms with E-state index in [1.54, 1.807) is 23.2 Å². The number of carbonyl (C=O) groups excluding carboxylic acids is 1. The molecule has 0 unspecified atom stereocenters. The molecule has 0 aliphatic carbocycles. The molecular weight excluding hydrogens is 326 g/mol. The Kier molecular flexibility index (Phi) is 4.12. The molecule has 3 aromatic rings. The van der Waals surface area contributed by atoms with E-state index in [0.717, 1.165) is 11.0 Å². The first-order valence-electron chi connectivity index (χ1n) is 7.57. The van der Waals surface area contributed by atoms with Gasteiger partial charge in [-0.05, 0) is 26.0 Å². The number of hydrogen-bond acceptors (Lipinski definition) is 4. The maximum Gasteiger partial charge on any atom is 0.192 e. The van der Waals surface area contributed by atoms with Crippen LogP contribution < -0.4 is 0 Å². The van der Waals surface area contributed by atoms with Crippen LogP contribution in [-0.2, 0) is 13.6 Å². The van der Waals surface area contributed by atoms with Gasteiger partial charge in [0, 0.05) is 13.6 Å². The number of fused-ring (bicyclic) bond motifs is 1. The average Bonchev–Trinajstić information content (AvgIpc) is 3.05. The van der Waals surface area contributed by atoms with E-state index in [9.17, 15) is 10.1 Å². The quantitative estimate of drug-likeness (QED) is 0.682. The van der Waals surface area contributed by atoms with E-state index in [1.807, 2.05) is 31.2 Å². The molecule has 1 aromatic carbocycles. The number of imidazole rings is 1. The van der Waals surface area contributed by atoms with E-state index in [0.29, 0.717) is 18.1 Å². The smallest absolute Gasteiger partial charge is 0.192 e. The Morgan fingerprint density at radius 1 is 1.42 bits per heavy atom. The van der Waals surface area contributed by atoms with Gasteiger partial charge in [0.15, 0.2) is 11.7 Å². The fourth-order valence-corrected chi connectivity index (χ4v) is 3.23. The molecule has 0 aliphatic heterocycles. The fraction of sp³-hybridized carbons (Fsp3) is 0.294. The summed E-state index contributed by atoms with van der Waals surface area (Å²) in [6.07, 6.45) is 0. The normalized spacial score (nSPS) is 12.3. The number of aryl methyl sites for hydroxylation is 3. The van der Waals surface area contributed by atoms with Gasteiger partial charge in [-0.15, -0.1) is 0 Å². The van der Waals surface area contributed by atoms with Crippen LogP contribution in [0.1, 0.15) is 34.7 Å². The third kappa shape index (κ3) is 2.38. The van der Waals surface area contributed by atoms with Gasteiger partial charge in [0.2, 0.25) is 0 Å². The summed E-state index contributed by atoms with van der Waals surface area (Å²) in [5.74, 6) is -1.00. The lowest BCUT2D eigenvalue weighted by atomic mass is 9.98. The lowest BCUT2D eigenvalue weighted by Crippen LogP contribution is -2.16. The Labute approximate surface area is 144 Å². The van der Waals surface area contributed by atoms with Crippen LogP contribution in [0.2, 0.25) is 5.15 Å². The monoisotopic (exact) mass is 341 g/mol. The summed E-state index contributed by atoms with van der Waals surface area (Å²) in [4.78, 5) is 17.4. The molecule has 0 aliphatic rings. The maximum absolute atomic E-state index is 13.0. The molecule has 7 heteroatoms. The van der Waals surface area contributed by atoms with Crippen molar-refractivity contribution in [2.24, 2.45) is 7.05 Å². The third-order valence-corrected chi connectivity index (χ3v) is 4.47. The average molecular weight is 342 g/mol. The maximum atomic E-state index is 13.0. The summed E-state index contributed by atoms with van der Waals surface area (Å²) in [6, 6.07) is 9.59. The van der Waals surface area contributed by atoms with Gasteiger partial charge in [-0.25, -0.2) is 4.98 Å². The zero-order chi connectivity index (χ0) is 17.4.